The van der Waals surface area contributed by atoms with Crippen LogP contribution in [0.25, 0.3) is 0 Å². The number of esters is 1. The molecule has 146 valence electrons. The Labute approximate surface area is 164 Å². The summed E-state index contributed by atoms with van der Waals surface area (Å²) in [6.07, 6.45) is 2.01. The maximum absolute atomic E-state index is 12.7. The predicted octanol–water partition coefficient (Wildman–Crippen LogP) is 2.32. The van der Waals surface area contributed by atoms with Crippen LogP contribution in [0.3, 0.4) is 0 Å². The molecule has 1 aliphatic heterocycles. The summed E-state index contributed by atoms with van der Waals surface area (Å²) in [4.78, 5) is 37.3. The molecule has 27 heavy (non-hydrogen) atoms. The Morgan fingerprint density at radius 1 is 1.22 bits per heavy atom. The molecule has 0 spiro atoms. The Kier molecular flexibility index (Phi) is 7.72. The summed E-state index contributed by atoms with van der Waals surface area (Å²) in [6.45, 7) is 3.74. The van der Waals surface area contributed by atoms with Crippen LogP contribution in [0.15, 0.2) is 24.3 Å². The highest BCUT2D eigenvalue weighted by Crippen LogP contribution is 2.19. The van der Waals surface area contributed by atoms with Crippen molar-refractivity contribution in [2.24, 2.45) is 5.92 Å². The van der Waals surface area contributed by atoms with Crippen LogP contribution in [-0.4, -0.2) is 48.0 Å². The van der Waals surface area contributed by atoms with Crippen molar-refractivity contribution in [3.8, 4) is 0 Å². The summed E-state index contributed by atoms with van der Waals surface area (Å²) >= 11 is 5.11. The number of likely N-dealkylation sites (tertiary alicyclic amines) is 1. The van der Waals surface area contributed by atoms with Crippen molar-refractivity contribution in [1.82, 2.24) is 10.2 Å². The van der Waals surface area contributed by atoms with Crippen molar-refractivity contribution in [1.29, 1.82) is 0 Å². The van der Waals surface area contributed by atoms with E-state index in [1.807, 2.05) is 4.90 Å². The summed E-state index contributed by atoms with van der Waals surface area (Å²) in [5.41, 5.74) is 1.19. The predicted molar refractivity (Wildman–Crippen MR) is 106 cm³/mol. The maximum Gasteiger partial charge on any atom is 0.306 e. The van der Waals surface area contributed by atoms with E-state index in [2.05, 4.69) is 22.3 Å². The van der Waals surface area contributed by atoms with Crippen LogP contribution < -0.4 is 10.6 Å². The Morgan fingerprint density at radius 2 is 1.93 bits per heavy atom. The van der Waals surface area contributed by atoms with E-state index in [0.717, 1.165) is 25.9 Å². The first-order valence-electron chi connectivity index (χ1n) is 8.96. The van der Waals surface area contributed by atoms with E-state index in [1.54, 1.807) is 24.3 Å². The second-order valence-electron chi connectivity index (χ2n) is 6.63. The summed E-state index contributed by atoms with van der Waals surface area (Å²) in [7, 11) is 1.27. The number of piperidine rings is 1. The smallest absolute Gasteiger partial charge is 0.306 e. The van der Waals surface area contributed by atoms with Crippen LogP contribution in [0, 0.1) is 5.92 Å². The normalized spacial score (nSPS) is 14.4. The van der Waals surface area contributed by atoms with Crippen LogP contribution in [0.1, 0.15) is 43.0 Å². The van der Waals surface area contributed by atoms with Crippen molar-refractivity contribution in [2.45, 2.75) is 32.6 Å². The van der Waals surface area contributed by atoms with Gasteiger partial charge in [0.1, 0.15) is 0 Å². The summed E-state index contributed by atoms with van der Waals surface area (Å²) < 4.78 is 4.49. The first-order chi connectivity index (χ1) is 12.9. The van der Waals surface area contributed by atoms with Gasteiger partial charge in [0.15, 0.2) is 5.11 Å². The van der Waals surface area contributed by atoms with Gasteiger partial charge in [0.05, 0.1) is 13.5 Å². The zero-order valence-electron chi connectivity index (χ0n) is 15.6. The third kappa shape index (κ3) is 6.63. The van der Waals surface area contributed by atoms with Gasteiger partial charge >= 0.3 is 5.97 Å². The lowest BCUT2D eigenvalue weighted by Crippen LogP contribution is -2.38. The van der Waals surface area contributed by atoms with Crippen LogP contribution >= 0.6 is 12.2 Å². The van der Waals surface area contributed by atoms with Crippen LogP contribution in [0.5, 0.6) is 0 Å². The number of carbonyl (C=O) groups is 3. The van der Waals surface area contributed by atoms with E-state index in [1.165, 1.54) is 7.11 Å². The van der Waals surface area contributed by atoms with E-state index in [4.69, 9.17) is 12.2 Å². The molecule has 2 rings (SSSR count). The fourth-order valence-electron chi connectivity index (χ4n) is 2.79. The van der Waals surface area contributed by atoms with Crippen molar-refractivity contribution >= 4 is 40.8 Å². The molecule has 0 radical (unpaired) electrons. The van der Waals surface area contributed by atoms with Gasteiger partial charge in [-0.15, -0.1) is 0 Å². The van der Waals surface area contributed by atoms with E-state index >= 15 is 0 Å². The van der Waals surface area contributed by atoms with Gasteiger partial charge < -0.3 is 20.3 Å². The molecule has 0 bridgehead atoms. The molecule has 0 saturated carbocycles. The number of carbonyl (C=O) groups excluding carboxylic acids is 3. The van der Waals surface area contributed by atoms with Gasteiger partial charge in [-0.05, 0) is 49.2 Å². The SMILES string of the molecule is COC(=O)CCC(=O)NC(=S)Nc1cccc(C(=O)N2CCC(C)CC2)c1. The highest BCUT2D eigenvalue weighted by molar-refractivity contribution is 7.80. The lowest BCUT2D eigenvalue weighted by atomic mass is 9.98. The average molecular weight is 391 g/mol. The molecule has 1 aromatic rings. The lowest BCUT2D eigenvalue weighted by Gasteiger charge is -2.30. The van der Waals surface area contributed by atoms with Crippen LogP contribution in [-0.2, 0) is 14.3 Å². The lowest BCUT2D eigenvalue weighted by molar-refractivity contribution is -0.142. The molecule has 7 nitrogen and oxygen atoms in total. The Balaban J connectivity index is 1.89. The number of hydrogen-bond donors (Lipinski definition) is 2. The highest BCUT2D eigenvalue weighted by atomic mass is 32.1. The van der Waals surface area contributed by atoms with Gasteiger partial charge in [0.25, 0.3) is 5.91 Å². The van der Waals surface area contributed by atoms with E-state index in [-0.39, 0.29) is 29.8 Å². The fourth-order valence-corrected chi connectivity index (χ4v) is 3.03. The minimum atomic E-state index is -0.456. The summed E-state index contributed by atoms with van der Waals surface area (Å²) in [5.74, 6) is -0.185. The molecular weight excluding hydrogens is 366 g/mol. The largest absolute Gasteiger partial charge is 0.469 e. The zero-order valence-corrected chi connectivity index (χ0v) is 16.4. The second kappa shape index (κ2) is 10.0. The third-order valence-corrected chi connectivity index (χ3v) is 4.68. The average Bonchev–Trinajstić information content (AvgIpc) is 2.66. The molecule has 1 aliphatic rings. The van der Waals surface area contributed by atoms with E-state index < -0.39 is 5.97 Å². The van der Waals surface area contributed by atoms with Crippen LogP contribution in [0.4, 0.5) is 5.69 Å². The van der Waals surface area contributed by atoms with E-state index in [9.17, 15) is 14.4 Å². The van der Waals surface area contributed by atoms with Gasteiger partial charge in [-0.2, -0.15) is 0 Å². The first-order valence-corrected chi connectivity index (χ1v) is 9.37. The van der Waals surface area contributed by atoms with Gasteiger partial charge in [0, 0.05) is 30.8 Å². The maximum atomic E-state index is 12.7. The molecule has 0 atom stereocenters. The molecule has 1 heterocycles. The topological polar surface area (TPSA) is 87.7 Å². The number of rotatable bonds is 5. The first kappa shape index (κ1) is 20.8. The van der Waals surface area contributed by atoms with Gasteiger partial charge in [-0.25, -0.2) is 0 Å². The Morgan fingerprint density at radius 3 is 2.59 bits per heavy atom. The van der Waals surface area contributed by atoms with Crippen molar-refractivity contribution in [2.75, 3.05) is 25.5 Å². The number of nitrogens with one attached hydrogen (secondary N) is 2. The monoisotopic (exact) mass is 391 g/mol. The zero-order chi connectivity index (χ0) is 19.8. The van der Waals surface area contributed by atoms with Gasteiger partial charge in [-0.3, -0.25) is 14.4 Å². The standard InChI is InChI=1S/C19H25N3O4S/c1-13-8-10-22(11-9-13)18(25)14-4-3-5-15(12-14)20-19(27)21-16(23)6-7-17(24)26-2/h3-5,12-13H,6-11H2,1-2H3,(H2,20,21,23,27). The number of thiocarbonyl (C=S) groups is 1. The molecule has 1 aromatic carbocycles. The number of ether oxygens (including phenoxy) is 1. The minimum Gasteiger partial charge on any atom is -0.469 e. The quantitative estimate of drug-likeness (QED) is 0.592. The molecule has 0 unspecified atom stereocenters. The highest BCUT2D eigenvalue weighted by Gasteiger charge is 2.21. The van der Waals surface area contributed by atoms with Crippen molar-refractivity contribution < 1.29 is 19.1 Å². The van der Waals surface area contributed by atoms with Gasteiger partial charge in [0.2, 0.25) is 5.91 Å². The molecule has 1 saturated heterocycles. The summed E-state index contributed by atoms with van der Waals surface area (Å²) in [6, 6.07) is 7.02. The molecule has 0 aliphatic carbocycles. The van der Waals surface area contributed by atoms with Crippen LogP contribution in [0.2, 0.25) is 0 Å². The van der Waals surface area contributed by atoms with Gasteiger partial charge in [-0.1, -0.05) is 13.0 Å². The minimum absolute atomic E-state index is 0.00131. The number of hydrogen-bond acceptors (Lipinski definition) is 5. The Hall–Kier alpha value is -2.48. The fraction of sp³-hybridized carbons (Fsp3) is 0.474. The third-order valence-electron chi connectivity index (χ3n) is 4.48. The second-order valence-corrected chi connectivity index (χ2v) is 7.04. The number of anilines is 1. The van der Waals surface area contributed by atoms with Crippen molar-refractivity contribution in [3.63, 3.8) is 0 Å². The molecule has 8 heteroatoms. The number of amides is 2. The molecular formula is C19H25N3O4S. The Bertz CT molecular complexity index is 715. The molecule has 2 N–H and O–H groups in total. The molecule has 0 aromatic heterocycles. The molecule has 2 amide bonds. The van der Waals surface area contributed by atoms with E-state index in [0.29, 0.717) is 17.2 Å². The number of benzene rings is 1. The molecule has 1 fully saturated rings. The number of nitrogens with zero attached hydrogens (tertiary/aromatic N) is 1. The summed E-state index contributed by atoms with van der Waals surface area (Å²) in [5, 5.41) is 5.51. The number of methoxy groups -OCH3 is 1. The van der Waals surface area contributed by atoms with Crippen molar-refractivity contribution in [3.05, 3.63) is 29.8 Å².